The molecule has 3 atom stereocenters. The third-order valence-electron chi connectivity index (χ3n) is 11.1. The van der Waals surface area contributed by atoms with Gasteiger partial charge in [0.15, 0.2) is 5.82 Å². The summed E-state index contributed by atoms with van der Waals surface area (Å²) in [6, 6.07) is 3.57. The highest BCUT2D eigenvalue weighted by atomic mass is 35.5. The van der Waals surface area contributed by atoms with Gasteiger partial charge in [0.2, 0.25) is 5.91 Å². The first-order valence-electron chi connectivity index (χ1n) is 15.4. The number of morpholine rings is 1. The van der Waals surface area contributed by atoms with Gasteiger partial charge in [0.1, 0.15) is 0 Å². The molecule has 3 unspecified atom stereocenters. The number of amides is 1. The first-order chi connectivity index (χ1) is 20.1. The number of likely N-dealkylation sites (tertiary alicyclic amines) is 2. The van der Waals surface area contributed by atoms with E-state index in [-0.39, 0.29) is 16.9 Å². The molecule has 4 saturated heterocycles. The SMILES string of the molecule is C=CC(=O)N1CC2(CC(n3nc(N4CCC(N5CC6OCC65)CC4(C)C)c(-c4c(Cl)c(C)cc5[nH]ncc45)c3C)C2)C1. The Morgan fingerprint density at radius 1 is 1.19 bits per heavy atom. The summed E-state index contributed by atoms with van der Waals surface area (Å²) in [5.74, 6) is 1.06. The molecule has 0 radical (unpaired) electrons. The molecule has 0 bridgehead atoms. The molecule has 9 nitrogen and oxygen atoms in total. The smallest absolute Gasteiger partial charge is 0.245 e. The molecule has 1 saturated carbocycles. The summed E-state index contributed by atoms with van der Waals surface area (Å²) in [6.45, 7) is 17.2. The summed E-state index contributed by atoms with van der Waals surface area (Å²) >= 11 is 7.16. The number of benzene rings is 1. The third kappa shape index (κ3) is 3.72. The number of nitrogens with zero attached hydrogens (tertiary/aromatic N) is 6. The Kier molecular flexibility index (Phi) is 5.77. The second kappa shape index (κ2) is 9.07. The number of aromatic nitrogens is 4. The van der Waals surface area contributed by atoms with E-state index in [1.54, 1.807) is 0 Å². The predicted molar refractivity (Wildman–Crippen MR) is 164 cm³/mol. The number of carbonyl (C=O) groups excluding carboxylic acids is 1. The second-order valence-electron chi connectivity index (χ2n) is 14.1. The maximum atomic E-state index is 12.1. The van der Waals surface area contributed by atoms with E-state index in [0.29, 0.717) is 24.2 Å². The van der Waals surface area contributed by atoms with Gasteiger partial charge in [0.05, 0.1) is 41.5 Å². The van der Waals surface area contributed by atoms with Crippen LogP contribution in [0, 0.1) is 19.3 Å². The topological polar surface area (TPSA) is 82.5 Å². The van der Waals surface area contributed by atoms with Crippen LogP contribution in [0.15, 0.2) is 24.9 Å². The largest absolute Gasteiger partial charge is 0.373 e. The maximum absolute atomic E-state index is 12.1. The van der Waals surface area contributed by atoms with Crippen LogP contribution in [0.1, 0.15) is 56.8 Å². The van der Waals surface area contributed by atoms with Gasteiger partial charge in [-0.3, -0.25) is 19.5 Å². The lowest BCUT2D eigenvalue weighted by molar-refractivity contribution is -0.230. The minimum Gasteiger partial charge on any atom is -0.373 e. The Bertz CT molecular complexity index is 1610. The second-order valence-corrected chi connectivity index (χ2v) is 14.5. The van der Waals surface area contributed by atoms with Crippen LogP contribution >= 0.6 is 11.6 Å². The Morgan fingerprint density at radius 3 is 2.62 bits per heavy atom. The van der Waals surface area contributed by atoms with Crippen LogP contribution in [-0.4, -0.2) is 92.2 Å². The van der Waals surface area contributed by atoms with Crippen molar-refractivity contribution >= 4 is 34.2 Å². The number of carbonyl (C=O) groups is 1. The molecule has 10 heteroatoms. The van der Waals surface area contributed by atoms with Gasteiger partial charge < -0.3 is 14.5 Å². The van der Waals surface area contributed by atoms with Crippen molar-refractivity contribution in [2.45, 2.75) is 83.1 Å². The van der Waals surface area contributed by atoms with E-state index >= 15 is 0 Å². The summed E-state index contributed by atoms with van der Waals surface area (Å²) in [4.78, 5) is 19.2. The van der Waals surface area contributed by atoms with Gasteiger partial charge in [0, 0.05) is 65.4 Å². The van der Waals surface area contributed by atoms with E-state index in [2.05, 4.69) is 65.0 Å². The number of hydrogen-bond donors (Lipinski definition) is 1. The fourth-order valence-corrected chi connectivity index (χ4v) is 8.93. The van der Waals surface area contributed by atoms with Crippen molar-refractivity contribution < 1.29 is 9.53 Å². The van der Waals surface area contributed by atoms with E-state index in [0.717, 1.165) is 103 Å². The fraction of sp³-hybridized carbons (Fsp3) is 0.594. The third-order valence-corrected chi connectivity index (χ3v) is 11.6. The number of fused-ring (bicyclic) bond motifs is 2. The molecular formula is C32H40ClN7O2. The van der Waals surface area contributed by atoms with Gasteiger partial charge in [-0.15, -0.1) is 0 Å². The van der Waals surface area contributed by atoms with Crippen molar-refractivity contribution in [2.75, 3.05) is 37.7 Å². The van der Waals surface area contributed by atoms with E-state index in [1.165, 1.54) is 6.08 Å². The van der Waals surface area contributed by atoms with E-state index in [4.69, 9.17) is 21.4 Å². The van der Waals surface area contributed by atoms with Crippen LogP contribution < -0.4 is 4.90 Å². The highest BCUT2D eigenvalue weighted by Gasteiger charge is 2.55. The monoisotopic (exact) mass is 589 g/mol. The Morgan fingerprint density at radius 2 is 1.98 bits per heavy atom. The number of halogens is 1. The van der Waals surface area contributed by atoms with Crippen LogP contribution in [0.25, 0.3) is 22.0 Å². The lowest BCUT2D eigenvalue weighted by Crippen LogP contribution is -2.74. The highest BCUT2D eigenvalue weighted by Crippen LogP contribution is 2.56. The Hall–Kier alpha value is -2.88. The molecule has 5 aliphatic rings. The molecule has 2 aromatic heterocycles. The van der Waals surface area contributed by atoms with Crippen molar-refractivity contribution in [3.63, 3.8) is 0 Å². The molecule has 1 N–H and O–H groups in total. The summed E-state index contributed by atoms with van der Waals surface area (Å²) < 4.78 is 7.97. The Balaban J connectivity index is 1.16. The van der Waals surface area contributed by atoms with Crippen molar-refractivity contribution in [1.82, 2.24) is 29.8 Å². The van der Waals surface area contributed by atoms with Crippen LogP contribution in [0.4, 0.5) is 5.82 Å². The van der Waals surface area contributed by atoms with Gasteiger partial charge in [-0.05, 0) is 71.1 Å². The van der Waals surface area contributed by atoms with Gasteiger partial charge >= 0.3 is 0 Å². The number of ether oxygens (including phenoxy) is 1. The van der Waals surface area contributed by atoms with Gasteiger partial charge in [-0.25, -0.2) is 0 Å². The van der Waals surface area contributed by atoms with E-state index in [9.17, 15) is 4.79 Å². The number of aromatic amines is 1. The molecule has 5 fully saturated rings. The quantitative estimate of drug-likeness (QED) is 0.427. The molecule has 42 heavy (non-hydrogen) atoms. The molecule has 1 aliphatic carbocycles. The van der Waals surface area contributed by atoms with E-state index < -0.39 is 0 Å². The average molecular weight is 590 g/mol. The summed E-state index contributed by atoms with van der Waals surface area (Å²) in [5.41, 5.74) is 5.43. The van der Waals surface area contributed by atoms with Crippen molar-refractivity contribution in [3.8, 4) is 11.1 Å². The standard InChI is InChI=1S/C32H40ClN7O2/c1-6-26(41)37-16-32(17-37)11-21(12-32)40-19(3)27(28-22-13-34-35-23(22)9-18(2)29(28)33)30(36-40)39-8-7-20(10-31(39,4)5)38-14-25-24(38)15-42-25/h6,9,13,20-21,24-25H,1,7-8,10-12,14-17H2,2-5H3,(H,34,35). The van der Waals surface area contributed by atoms with Crippen LogP contribution in [0.2, 0.25) is 5.02 Å². The number of hydrogen-bond acceptors (Lipinski definition) is 6. The number of rotatable bonds is 5. The molecule has 3 aromatic rings. The summed E-state index contributed by atoms with van der Waals surface area (Å²) in [6.07, 6.45) is 8.04. The molecular weight excluding hydrogens is 550 g/mol. The lowest BCUT2D eigenvalue weighted by Gasteiger charge is -2.60. The lowest BCUT2D eigenvalue weighted by atomic mass is 9.60. The Labute approximate surface area is 251 Å². The molecule has 1 aromatic carbocycles. The van der Waals surface area contributed by atoms with Crippen molar-refractivity contribution in [1.29, 1.82) is 0 Å². The maximum Gasteiger partial charge on any atom is 0.245 e. The molecule has 1 spiro atoms. The van der Waals surface area contributed by atoms with Crippen LogP contribution in [-0.2, 0) is 9.53 Å². The molecule has 8 rings (SSSR count). The summed E-state index contributed by atoms with van der Waals surface area (Å²) in [5, 5.41) is 14.8. The molecule has 6 heterocycles. The van der Waals surface area contributed by atoms with Crippen LogP contribution in [0.5, 0.6) is 0 Å². The van der Waals surface area contributed by atoms with Crippen molar-refractivity contribution in [3.05, 3.63) is 41.2 Å². The molecule has 222 valence electrons. The zero-order chi connectivity index (χ0) is 29.1. The number of aryl methyl sites for hydroxylation is 1. The zero-order valence-corrected chi connectivity index (χ0v) is 25.7. The van der Waals surface area contributed by atoms with E-state index in [1.807, 2.05) is 11.1 Å². The zero-order valence-electron chi connectivity index (χ0n) is 25.0. The van der Waals surface area contributed by atoms with Gasteiger partial charge in [-0.2, -0.15) is 10.2 Å². The molecule has 1 amide bonds. The average Bonchev–Trinajstić information content (AvgIpc) is 3.48. The predicted octanol–water partition coefficient (Wildman–Crippen LogP) is 4.88. The number of anilines is 1. The van der Waals surface area contributed by atoms with Crippen molar-refractivity contribution in [2.24, 2.45) is 5.41 Å². The van der Waals surface area contributed by atoms with Gasteiger partial charge in [-0.1, -0.05) is 18.2 Å². The minimum atomic E-state index is -0.0782. The molecule has 4 aliphatic heterocycles. The fourth-order valence-electron chi connectivity index (χ4n) is 8.68. The number of nitrogens with one attached hydrogen (secondary N) is 1. The summed E-state index contributed by atoms with van der Waals surface area (Å²) in [7, 11) is 0. The van der Waals surface area contributed by atoms with Crippen LogP contribution in [0.3, 0.4) is 0 Å². The number of H-pyrrole nitrogens is 1. The van der Waals surface area contributed by atoms with Gasteiger partial charge in [0.25, 0.3) is 0 Å². The normalized spacial score (nSPS) is 28.2. The highest BCUT2D eigenvalue weighted by molar-refractivity contribution is 6.36. The first-order valence-corrected chi connectivity index (χ1v) is 15.7. The minimum absolute atomic E-state index is 0.0337. The number of piperidine rings is 1. The first kappa shape index (κ1) is 26.7.